The molecule has 3 heterocycles. The normalized spacial score (nSPS) is 18.8. The van der Waals surface area contributed by atoms with Crippen LogP contribution in [0.4, 0.5) is 0 Å². The number of carbonyl (C=O) groups is 1. The third-order valence-corrected chi connectivity index (χ3v) is 5.97. The monoisotopic (exact) mass is 351 g/mol. The first-order chi connectivity index (χ1) is 12.2. The molecule has 1 fully saturated rings. The Labute approximate surface area is 150 Å². The van der Waals surface area contributed by atoms with Crippen molar-refractivity contribution in [2.75, 3.05) is 13.1 Å². The second kappa shape index (κ2) is 5.41. The highest BCUT2D eigenvalue weighted by Crippen LogP contribution is 2.46. The van der Waals surface area contributed by atoms with Gasteiger partial charge in [0.1, 0.15) is 5.65 Å². The van der Waals surface area contributed by atoms with Crippen molar-refractivity contribution < 1.29 is 4.79 Å². The smallest absolute Gasteiger partial charge is 0.164 e. The van der Waals surface area contributed by atoms with Gasteiger partial charge in [-0.25, -0.2) is 4.98 Å². The Morgan fingerprint density at radius 2 is 1.96 bits per heavy atom. The van der Waals surface area contributed by atoms with Gasteiger partial charge in [0.15, 0.2) is 5.78 Å². The maximum atomic E-state index is 12.5. The van der Waals surface area contributed by atoms with Gasteiger partial charge in [0.25, 0.3) is 0 Å². The Balaban J connectivity index is 1.68. The van der Waals surface area contributed by atoms with Crippen LogP contribution in [0.2, 0.25) is 5.02 Å². The quantitative estimate of drug-likeness (QED) is 0.694. The Hall–Kier alpha value is -2.17. The largest absolute Gasteiger partial charge is 0.346 e. The van der Waals surface area contributed by atoms with Crippen molar-refractivity contribution in [3.05, 3.63) is 52.8 Å². The number of nitrogens with one attached hydrogen (secondary N) is 2. The number of aromatic nitrogens is 2. The Morgan fingerprint density at radius 1 is 1.12 bits per heavy atom. The van der Waals surface area contributed by atoms with Crippen LogP contribution >= 0.6 is 11.6 Å². The fourth-order valence-corrected chi connectivity index (χ4v) is 4.62. The number of pyridine rings is 1. The fourth-order valence-electron chi connectivity index (χ4n) is 4.46. The number of H-pyrrole nitrogens is 1. The van der Waals surface area contributed by atoms with Crippen molar-refractivity contribution in [3.8, 4) is 11.1 Å². The summed E-state index contributed by atoms with van der Waals surface area (Å²) < 4.78 is 0. The lowest BCUT2D eigenvalue weighted by Gasteiger charge is -2.34. The minimum Gasteiger partial charge on any atom is -0.346 e. The van der Waals surface area contributed by atoms with E-state index in [2.05, 4.69) is 21.4 Å². The zero-order chi connectivity index (χ0) is 17.0. The number of rotatable bonds is 1. The number of hydrogen-bond acceptors (Lipinski definition) is 3. The number of ketones is 1. The molecule has 0 amide bonds. The van der Waals surface area contributed by atoms with Crippen molar-refractivity contribution in [1.82, 2.24) is 15.3 Å². The van der Waals surface area contributed by atoms with Crippen molar-refractivity contribution in [2.45, 2.75) is 24.7 Å². The number of hydrogen-bond donors (Lipinski definition) is 2. The van der Waals surface area contributed by atoms with Gasteiger partial charge in [-0.15, -0.1) is 0 Å². The highest BCUT2D eigenvalue weighted by atomic mass is 35.5. The number of piperidine rings is 1. The summed E-state index contributed by atoms with van der Waals surface area (Å²) in [5.74, 6) is 0.284. The van der Waals surface area contributed by atoms with Crippen LogP contribution in [-0.2, 0) is 5.41 Å². The van der Waals surface area contributed by atoms with Gasteiger partial charge in [-0.2, -0.15) is 0 Å². The molecule has 25 heavy (non-hydrogen) atoms. The summed E-state index contributed by atoms with van der Waals surface area (Å²) in [6, 6.07) is 8.20. The van der Waals surface area contributed by atoms with Crippen LogP contribution in [0.5, 0.6) is 0 Å². The van der Waals surface area contributed by atoms with Crippen LogP contribution in [0.15, 0.2) is 36.7 Å². The van der Waals surface area contributed by atoms with E-state index in [0.717, 1.165) is 53.7 Å². The van der Waals surface area contributed by atoms with Gasteiger partial charge in [-0.3, -0.25) is 4.79 Å². The second-order valence-electron chi connectivity index (χ2n) is 7.14. The van der Waals surface area contributed by atoms with Crippen LogP contribution in [0, 0.1) is 0 Å². The maximum Gasteiger partial charge on any atom is 0.164 e. The summed E-state index contributed by atoms with van der Waals surface area (Å²) in [6.07, 6.45) is 6.32. The van der Waals surface area contributed by atoms with Crippen molar-refractivity contribution in [1.29, 1.82) is 0 Å². The molecule has 1 saturated heterocycles. The highest BCUT2D eigenvalue weighted by Gasteiger charge is 2.43. The zero-order valence-corrected chi connectivity index (χ0v) is 14.5. The van der Waals surface area contributed by atoms with Gasteiger partial charge in [0.2, 0.25) is 0 Å². The second-order valence-corrected chi connectivity index (χ2v) is 7.58. The minimum atomic E-state index is 0.00961. The summed E-state index contributed by atoms with van der Waals surface area (Å²) in [7, 11) is 0. The number of fused-ring (bicyclic) bond motifs is 3. The average molecular weight is 352 g/mol. The molecule has 2 N–H and O–H groups in total. The molecule has 0 saturated carbocycles. The average Bonchev–Trinajstić information content (AvgIpc) is 3.15. The summed E-state index contributed by atoms with van der Waals surface area (Å²) in [4.78, 5) is 20.1. The molecule has 3 aromatic rings. The first kappa shape index (κ1) is 15.1. The van der Waals surface area contributed by atoms with Gasteiger partial charge in [0, 0.05) is 40.7 Å². The van der Waals surface area contributed by atoms with E-state index in [1.807, 2.05) is 24.4 Å². The molecule has 1 aliphatic carbocycles. The molecule has 5 heteroatoms. The predicted octanol–water partition coefficient (Wildman–Crippen LogP) is 4.09. The standard InChI is InChI=1S/C20H18ClN3O/c21-13-8-15-16(11-24-19(15)23-10-13)12-1-2-14-17(7-12)20(9-18(14)25)3-5-22-6-4-20/h1-2,7-8,10-11,22H,3-6,9H2,(H,23,24). The molecule has 1 spiro atoms. The molecule has 0 atom stereocenters. The molecule has 0 bridgehead atoms. The first-order valence-corrected chi connectivity index (χ1v) is 9.06. The Bertz CT molecular complexity index is 1000. The van der Waals surface area contributed by atoms with Gasteiger partial charge in [-0.1, -0.05) is 23.7 Å². The third-order valence-electron chi connectivity index (χ3n) is 5.76. The number of carbonyl (C=O) groups excluding carboxylic acids is 1. The zero-order valence-electron chi connectivity index (χ0n) is 13.7. The maximum absolute atomic E-state index is 12.5. The molecule has 5 rings (SSSR count). The number of nitrogens with zero attached hydrogens (tertiary/aromatic N) is 1. The molecule has 1 aromatic carbocycles. The van der Waals surface area contributed by atoms with E-state index in [9.17, 15) is 4.79 Å². The lowest BCUT2D eigenvalue weighted by atomic mass is 9.74. The van der Waals surface area contributed by atoms with Gasteiger partial charge in [0.05, 0.1) is 5.02 Å². The lowest BCUT2D eigenvalue weighted by Crippen LogP contribution is -2.38. The third kappa shape index (κ3) is 2.25. The van der Waals surface area contributed by atoms with Crippen LogP contribution < -0.4 is 5.32 Å². The first-order valence-electron chi connectivity index (χ1n) is 8.68. The molecule has 4 nitrogen and oxygen atoms in total. The van der Waals surface area contributed by atoms with Crippen LogP contribution in [0.1, 0.15) is 35.2 Å². The molecule has 0 unspecified atom stereocenters. The molecule has 2 aromatic heterocycles. The SMILES string of the molecule is O=C1CC2(CCNCC2)c2cc(-c3c[nH]c4ncc(Cl)cc34)ccc21. The number of Topliss-reactive ketones (excluding diaryl/α,β-unsaturated/α-hetero) is 1. The molecule has 0 radical (unpaired) electrons. The topological polar surface area (TPSA) is 57.8 Å². The van der Waals surface area contributed by atoms with Crippen LogP contribution in [0.3, 0.4) is 0 Å². The van der Waals surface area contributed by atoms with Gasteiger partial charge in [-0.05, 0) is 49.2 Å². The number of benzene rings is 1. The van der Waals surface area contributed by atoms with Crippen molar-refractivity contribution in [2.24, 2.45) is 0 Å². The predicted molar refractivity (Wildman–Crippen MR) is 99.3 cm³/mol. The lowest BCUT2D eigenvalue weighted by molar-refractivity contribution is 0.0964. The van der Waals surface area contributed by atoms with E-state index in [-0.39, 0.29) is 11.2 Å². The Kier molecular flexibility index (Phi) is 3.27. The van der Waals surface area contributed by atoms with Crippen LogP contribution in [0.25, 0.3) is 22.2 Å². The van der Waals surface area contributed by atoms with Gasteiger partial charge < -0.3 is 10.3 Å². The summed E-state index contributed by atoms with van der Waals surface area (Å²) >= 11 is 6.14. The van der Waals surface area contributed by atoms with E-state index >= 15 is 0 Å². The van der Waals surface area contributed by atoms with Gasteiger partial charge >= 0.3 is 0 Å². The van der Waals surface area contributed by atoms with E-state index in [4.69, 9.17) is 11.6 Å². The molecule has 1 aliphatic heterocycles. The molecular weight excluding hydrogens is 334 g/mol. The summed E-state index contributed by atoms with van der Waals surface area (Å²) in [5, 5.41) is 5.05. The fraction of sp³-hybridized carbons (Fsp3) is 0.300. The van der Waals surface area contributed by atoms with Crippen molar-refractivity contribution in [3.63, 3.8) is 0 Å². The Morgan fingerprint density at radius 3 is 2.80 bits per heavy atom. The van der Waals surface area contributed by atoms with Crippen LogP contribution in [-0.4, -0.2) is 28.8 Å². The van der Waals surface area contributed by atoms with E-state index in [1.165, 1.54) is 5.56 Å². The summed E-state index contributed by atoms with van der Waals surface area (Å²) in [6.45, 7) is 1.95. The number of halogens is 1. The minimum absolute atomic E-state index is 0.00961. The number of aromatic amines is 1. The van der Waals surface area contributed by atoms with E-state index in [0.29, 0.717) is 11.4 Å². The molecular formula is C20H18ClN3O. The van der Waals surface area contributed by atoms with Crippen molar-refractivity contribution >= 4 is 28.4 Å². The van der Waals surface area contributed by atoms with E-state index in [1.54, 1.807) is 6.20 Å². The molecule has 2 aliphatic rings. The summed E-state index contributed by atoms with van der Waals surface area (Å²) in [5.41, 5.74) is 5.16. The highest BCUT2D eigenvalue weighted by molar-refractivity contribution is 6.31. The molecule has 126 valence electrons. The van der Waals surface area contributed by atoms with E-state index < -0.39 is 0 Å².